The molecule has 2 unspecified atom stereocenters. The summed E-state index contributed by atoms with van der Waals surface area (Å²) in [5, 5.41) is 0. The molecule has 1 saturated carbocycles. The molecule has 4 rings (SSSR count). The van der Waals surface area contributed by atoms with Crippen LogP contribution in [0, 0.1) is 11.3 Å². The van der Waals surface area contributed by atoms with Crippen LogP contribution in [0.1, 0.15) is 31.2 Å². The number of methoxy groups -OCH3 is 1. The van der Waals surface area contributed by atoms with Crippen molar-refractivity contribution >= 4 is 15.4 Å². The van der Waals surface area contributed by atoms with Gasteiger partial charge in [-0.1, -0.05) is 23.8 Å². The molecule has 28 heavy (non-hydrogen) atoms. The lowest BCUT2D eigenvalue weighted by atomic mass is 9.86. The molecule has 3 aliphatic rings. The summed E-state index contributed by atoms with van der Waals surface area (Å²) in [5.41, 5.74) is 2.47. The maximum Gasteiger partial charge on any atom is 0.283 e. The highest BCUT2D eigenvalue weighted by Gasteiger charge is 2.51. The van der Waals surface area contributed by atoms with Crippen molar-refractivity contribution in [1.29, 1.82) is 0 Å². The molecule has 0 bridgehead atoms. The number of ether oxygens (including phenoxy) is 1. The molecule has 0 N–H and O–H groups in total. The van der Waals surface area contributed by atoms with E-state index in [2.05, 4.69) is 4.74 Å². The summed E-state index contributed by atoms with van der Waals surface area (Å²) >= 11 is 0. The van der Waals surface area contributed by atoms with Crippen LogP contribution in [0.5, 0.6) is 0 Å². The molecule has 1 aromatic rings. The number of alkyl halides is 1. The Bertz CT molecular complexity index is 1020. The standard InChI is InChI=1S/C21H21F3O3S/c1-27-21(24)8-7-15(18(22)19(21)23)17-12-20(9-10-20)11-16(17)13-3-5-14(6-4-13)28(2,25)26/h3-8,15H,9-12H2,1-2H3. The molecular formula is C21H21F3O3S. The third-order valence-corrected chi connectivity index (χ3v) is 7.18. The molecule has 1 spiro atoms. The van der Waals surface area contributed by atoms with Gasteiger partial charge in [-0.05, 0) is 60.4 Å². The lowest BCUT2D eigenvalue weighted by Gasteiger charge is -2.27. The van der Waals surface area contributed by atoms with Gasteiger partial charge in [0, 0.05) is 13.4 Å². The molecule has 3 nitrogen and oxygen atoms in total. The smallest absolute Gasteiger partial charge is 0.283 e. The van der Waals surface area contributed by atoms with Gasteiger partial charge in [0.2, 0.25) is 5.83 Å². The van der Waals surface area contributed by atoms with Crippen molar-refractivity contribution in [1.82, 2.24) is 0 Å². The maximum atomic E-state index is 14.8. The SMILES string of the molecule is COC1(F)C=CC(C2=C(c3ccc(S(C)(=O)=O)cc3)CC3(CC3)C2)C(F)=C1F. The summed E-state index contributed by atoms with van der Waals surface area (Å²) in [4.78, 5) is 0.203. The van der Waals surface area contributed by atoms with Gasteiger partial charge in [0.15, 0.2) is 9.84 Å². The summed E-state index contributed by atoms with van der Waals surface area (Å²) in [7, 11) is -2.33. The summed E-state index contributed by atoms with van der Waals surface area (Å²) in [6.45, 7) is 0. The van der Waals surface area contributed by atoms with E-state index in [-0.39, 0.29) is 10.3 Å². The second kappa shape index (κ2) is 6.32. The molecule has 0 radical (unpaired) electrons. The Morgan fingerprint density at radius 3 is 2.29 bits per heavy atom. The average Bonchev–Trinajstić information content (AvgIpc) is 3.31. The van der Waals surface area contributed by atoms with E-state index in [1.54, 1.807) is 12.1 Å². The second-order valence-corrected chi connectivity index (χ2v) is 10.0. The fraction of sp³-hybridized carbons (Fsp3) is 0.429. The van der Waals surface area contributed by atoms with Crippen LogP contribution in [0.15, 0.2) is 58.5 Å². The zero-order valence-electron chi connectivity index (χ0n) is 15.6. The van der Waals surface area contributed by atoms with Crippen molar-refractivity contribution in [2.45, 2.75) is 36.4 Å². The number of benzene rings is 1. The van der Waals surface area contributed by atoms with Gasteiger partial charge in [0.1, 0.15) is 5.83 Å². The first-order chi connectivity index (χ1) is 13.1. The highest BCUT2D eigenvalue weighted by Crippen LogP contribution is 2.63. The lowest BCUT2D eigenvalue weighted by Crippen LogP contribution is -2.29. The van der Waals surface area contributed by atoms with Crippen molar-refractivity contribution in [3.63, 3.8) is 0 Å². The Morgan fingerprint density at radius 1 is 1.11 bits per heavy atom. The Labute approximate surface area is 162 Å². The van der Waals surface area contributed by atoms with Gasteiger partial charge in [-0.2, -0.15) is 4.39 Å². The molecule has 0 amide bonds. The highest BCUT2D eigenvalue weighted by atomic mass is 32.2. The van der Waals surface area contributed by atoms with Gasteiger partial charge < -0.3 is 4.74 Å². The molecular weight excluding hydrogens is 389 g/mol. The number of hydrogen-bond acceptors (Lipinski definition) is 3. The predicted molar refractivity (Wildman–Crippen MR) is 100 cm³/mol. The molecule has 0 heterocycles. The number of allylic oxidation sites excluding steroid dienone is 4. The predicted octanol–water partition coefficient (Wildman–Crippen LogP) is 5.07. The van der Waals surface area contributed by atoms with Crippen LogP contribution in [0.2, 0.25) is 0 Å². The van der Waals surface area contributed by atoms with Crippen LogP contribution >= 0.6 is 0 Å². The van der Waals surface area contributed by atoms with Gasteiger partial charge >= 0.3 is 0 Å². The Kier molecular flexibility index (Phi) is 4.39. The number of rotatable bonds is 4. The first kappa shape index (κ1) is 19.5. The molecule has 7 heteroatoms. The minimum atomic E-state index is -3.32. The quantitative estimate of drug-likeness (QED) is 0.651. The fourth-order valence-corrected chi connectivity index (χ4v) is 4.81. The number of sulfone groups is 1. The van der Waals surface area contributed by atoms with Crippen molar-refractivity contribution in [3.8, 4) is 0 Å². The van der Waals surface area contributed by atoms with Crippen molar-refractivity contribution < 1.29 is 26.3 Å². The van der Waals surface area contributed by atoms with Gasteiger partial charge in [-0.3, -0.25) is 0 Å². The summed E-state index contributed by atoms with van der Waals surface area (Å²) in [6.07, 6.45) is 6.75. The fourth-order valence-electron chi connectivity index (χ4n) is 4.18. The monoisotopic (exact) mass is 410 g/mol. The van der Waals surface area contributed by atoms with E-state index in [1.165, 1.54) is 18.2 Å². The zero-order chi connectivity index (χ0) is 20.3. The van der Waals surface area contributed by atoms with E-state index >= 15 is 0 Å². The van der Waals surface area contributed by atoms with Crippen LogP contribution < -0.4 is 0 Å². The van der Waals surface area contributed by atoms with E-state index in [4.69, 9.17) is 0 Å². The normalized spacial score (nSPS) is 29.1. The topological polar surface area (TPSA) is 43.4 Å². The maximum absolute atomic E-state index is 14.8. The van der Waals surface area contributed by atoms with Crippen molar-refractivity contribution in [3.05, 3.63) is 59.2 Å². The molecule has 150 valence electrons. The number of hydrogen-bond donors (Lipinski definition) is 0. The van der Waals surface area contributed by atoms with Crippen LogP contribution in [0.3, 0.4) is 0 Å². The minimum Gasteiger partial charge on any atom is -0.341 e. The van der Waals surface area contributed by atoms with Gasteiger partial charge in [-0.15, -0.1) is 0 Å². The highest BCUT2D eigenvalue weighted by molar-refractivity contribution is 7.90. The average molecular weight is 410 g/mol. The van der Waals surface area contributed by atoms with Crippen LogP contribution in [-0.4, -0.2) is 27.6 Å². The number of halogens is 3. The molecule has 0 aliphatic heterocycles. The van der Waals surface area contributed by atoms with Crippen LogP contribution in [0.25, 0.3) is 5.57 Å². The third kappa shape index (κ3) is 3.14. The molecule has 0 saturated heterocycles. The van der Waals surface area contributed by atoms with E-state index in [1.807, 2.05) is 0 Å². The summed E-state index contributed by atoms with van der Waals surface area (Å²) in [5.74, 6) is -6.54. The van der Waals surface area contributed by atoms with Crippen molar-refractivity contribution in [2.75, 3.05) is 13.4 Å². The Morgan fingerprint density at radius 2 is 1.75 bits per heavy atom. The first-order valence-corrected chi connectivity index (χ1v) is 11.0. The molecule has 1 aromatic carbocycles. The molecule has 2 atom stereocenters. The minimum absolute atomic E-state index is 0.0657. The Hall–Kier alpha value is -1.86. The summed E-state index contributed by atoms with van der Waals surface area (Å²) in [6, 6.07) is 6.45. The molecule has 1 fully saturated rings. The van der Waals surface area contributed by atoms with E-state index in [9.17, 15) is 21.6 Å². The van der Waals surface area contributed by atoms with E-state index in [0.717, 1.165) is 55.4 Å². The Balaban J connectivity index is 1.76. The van der Waals surface area contributed by atoms with Crippen molar-refractivity contribution in [2.24, 2.45) is 11.3 Å². The second-order valence-electron chi connectivity index (χ2n) is 8.00. The first-order valence-electron chi connectivity index (χ1n) is 9.10. The van der Waals surface area contributed by atoms with Crippen LogP contribution in [0.4, 0.5) is 13.2 Å². The molecule has 0 aromatic heterocycles. The molecule has 3 aliphatic carbocycles. The van der Waals surface area contributed by atoms with Gasteiger partial charge in [-0.25, -0.2) is 17.2 Å². The largest absolute Gasteiger partial charge is 0.341 e. The summed E-state index contributed by atoms with van der Waals surface area (Å²) < 4.78 is 71.3. The van der Waals surface area contributed by atoms with E-state index in [0.29, 0.717) is 6.42 Å². The van der Waals surface area contributed by atoms with Crippen LogP contribution in [-0.2, 0) is 14.6 Å². The van der Waals surface area contributed by atoms with Gasteiger partial charge in [0.05, 0.1) is 10.8 Å². The lowest BCUT2D eigenvalue weighted by molar-refractivity contribution is -0.0679. The zero-order valence-corrected chi connectivity index (χ0v) is 16.5. The van der Waals surface area contributed by atoms with E-state index < -0.39 is 33.3 Å². The van der Waals surface area contributed by atoms with Gasteiger partial charge in [0.25, 0.3) is 5.85 Å². The third-order valence-electron chi connectivity index (χ3n) is 6.05.